The van der Waals surface area contributed by atoms with E-state index in [2.05, 4.69) is 10.3 Å². The topological polar surface area (TPSA) is 118 Å². The van der Waals surface area contributed by atoms with E-state index < -0.39 is 6.10 Å². The number of aromatic nitrogens is 1. The van der Waals surface area contributed by atoms with Crippen LogP contribution in [0.5, 0.6) is 0 Å². The fourth-order valence-electron chi connectivity index (χ4n) is 1.94. The van der Waals surface area contributed by atoms with Crippen LogP contribution in [-0.4, -0.2) is 35.3 Å². The van der Waals surface area contributed by atoms with Crippen molar-refractivity contribution in [3.63, 3.8) is 0 Å². The minimum atomic E-state index is -0.493. The summed E-state index contributed by atoms with van der Waals surface area (Å²) in [6.07, 6.45) is 0.312. The van der Waals surface area contributed by atoms with E-state index in [9.17, 15) is 9.90 Å². The summed E-state index contributed by atoms with van der Waals surface area (Å²) < 4.78 is 0. The Bertz CT molecular complexity index is 425. The first-order valence-electron chi connectivity index (χ1n) is 5.28. The number of carbonyl (C=O) groups excluding carboxylic acids is 1. The summed E-state index contributed by atoms with van der Waals surface area (Å²) in [7, 11) is 0. The van der Waals surface area contributed by atoms with Gasteiger partial charge in [0.2, 0.25) is 6.41 Å². The molecule has 1 amide bonds. The number of hydrogen-bond acceptors (Lipinski definition) is 6. The molecular formula is C10H15N5O2. The largest absolute Gasteiger partial charge is 0.396 e. The smallest absolute Gasteiger partial charge is 0.208 e. The summed E-state index contributed by atoms with van der Waals surface area (Å²) in [6, 6.07) is 3.36. The molecule has 17 heavy (non-hydrogen) atoms. The Morgan fingerprint density at radius 2 is 2.29 bits per heavy atom. The number of amides is 1. The summed E-state index contributed by atoms with van der Waals surface area (Å²) in [4.78, 5) is 16.4. The zero-order valence-corrected chi connectivity index (χ0v) is 9.21. The lowest BCUT2D eigenvalue weighted by molar-refractivity contribution is -0.110. The van der Waals surface area contributed by atoms with Crippen molar-refractivity contribution in [2.75, 3.05) is 22.9 Å². The second-order valence-corrected chi connectivity index (χ2v) is 3.99. The number of aliphatic hydroxyl groups excluding tert-OH is 1. The molecule has 0 bridgehead atoms. The molecule has 2 heterocycles. The summed E-state index contributed by atoms with van der Waals surface area (Å²) in [5, 5.41) is 12.2. The van der Waals surface area contributed by atoms with Crippen molar-refractivity contribution < 1.29 is 9.90 Å². The van der Waals surface area contributed by atoms with Crippen LogP contribution in [-0.2, 0) is 4.79 Å². The number of nitrogens with zero attached hydrogens (tertiary/aromatic N) is 2. The molecule has 0 spiro atoms. The van der Waals surface area contributed by atoms with Crippen molar-refractivity contribution in [3.8, 4) is 0 Å². The number of nitrogens with one attached hydrogen (secondary N) is 1. The maximum absolute atomic E-state index is 10.5. The van der Waals surface area contributed by atoms with Crippen LogP contribution in [0.1, 0.15) is 6.42 Å². The van der Waals surface area contributed by atoms with Crippen LogP contribution in [0.3, 0.4) is 0 Å². The lowest BCUT2D eigenvalue weighted by Crippen LogP contribution is -2.41. The fraction of sp³-hybridized carbons (Fsp3) is 0.400. The van der Waals surface area contributed by atoms with Crippen molar-refractivity contribution in [3.05, 3.63) is 12.1 Å². The molecule has 2 rings (SSSR count). The highest BCUT2D eigenvalue weighted by molar-refractivity contribution is 5.63. The van der Waals surface area contributed by atoms with Crippen LogP contribution in [0.4, 0.5) is 17.3 Å². The number of pyridine rings is 1. The summed E-state index contributed by atoms with van der Waals surface area (Å²) >= 11 is 0. The first kappa shape index (κ1) is 11.5. The Morgan fingerprint density at radius 1 is 1.53 bits per heavy atom. The van der Waals surface area contributed by atoms with Crippen LogP contribution < -0.4 is 21.7 Å². The van der Waals surface area contributed by atoms with Gasteiger partial charge in [-0.15, -0.1) is 0 Å². The van der Waals surface area contributed by atoms with E-state index in [1.165, 1.54) is 0 Å². The standard InChI is InChI=1S/C10H15N5O2/c11-7-1-2-8(14-10(7)12)15-4-6(17)3-9(15)13-5-16/h1-2,5-6,9,17H,3-4,11H2,(H2,12,14)(H,13,16). The van der Waals surface area contributed by atoms with E-state index in [1.807, 2.05) is 0 Å². The number of hydrogen-bond donors (Lipinski definition) is 4. The molecule has 2 atom stereocenters. The van der Waals surface area contributed by atoms with E-state index in [1.54, 1.807) is 17.0 Å². The molecule has 0 radical (unpaired) electrons. The Labute approximate surface area is 98.4 Å². The molecule has 1 aliphatic rings. The molecule has 7 heteroatoms. The molecule has 92 valence electrons. The molecule has 6 N–H and O–H groups in total. The number of anilines is 3. The predicted octanol–water partition coefficient (Wildman–Crippen LogP) is -1.11. The minimum Gasteiger partial charge on any atom is -0.396 e. The molecule has 1 aromatic heterocycles. The highest BCUT2D eigenvalue weighted by atomic mass is 16.3. The third-order valence-corrected chi connectivity index (χ3v) is 2.78. The summed E-state index contributed by atoms with van der Waals surface area (Å²) in [5.41, 5.74) is 11.6. The number of carbonyl (C=O) groups is 1. The van der Waals surface area contributed by atoms with Crippen LogP contribution in [0.25, 0.3) is 0 Å². The highest BCUT2D eigenvalue weighted by Crippen LogP contribution is 2.25. The van der Waals surface area contributed by atoms with Gasteiger partial charge in [-0.3, -0.25) is 4.79 Å². The van der Waals surface area contributed by atoms with Crippen molar-refractivity contribution in [1.82, 2.24) is 10.3 Å². The molecule has 0 aliphatic carbocycles. The van der Waals surface area contributed by atoms with Crippen LogP contribution in [0, 0.1) is 0 Å². The van der Waals surface area contributed by atoms with Crippen LogP contribution in [0.2, 0.25) is 0 Å². The monoisotopic (exact) mass is 237 g/mol. The lowest BCUT2D eigenvalue weighted by atomic mass is 10.3. The van der Waals surface area contributed by atoms with Gasteiger partial charge in [0.15, 0.2) is 0 Å². The number of β-amino-alcohol motifs (C(OH)–C–C–N with tert-alkyl or cyclic N) is 1. The van der Waals surface area contributed by atoms with Crippen LogP contribution >= 0.6 is 0 Å². The average Bonchev–Trinajstić information content (AvgIpc) is 2.64. The van der Waals surface area contributed by atoms with Crippen molar-refractivity contribution in [1.29, 1.82) is 0 Å². The molecule has 1 aliphatic heterocycles. The second-order valence-electron chi connectivity index (χ2n) is 3.99. The SMILES string of the molecule is Nc1ccc(N2CC(O)CC2NC=O)nc1N. The van der Waals surface area contributed by atoms with Crippen molar-refractivity contribution in [2.45, 2.75) is 18.7 Å². The lowest BCUT2D eigenvalue weighted by Gasteiger charge is -2.24. The van der Waals surface area contributed by atoms with Crippen LogP contribution in [0.15, 0.2) is 12.1 Å². The molecule has 1 saturated heterocycles. The quantitative estimate of drug-likeness (QED) is 0.495. The van der Waals surface area contributed by atoms with Gasteiger partial charge in [0.25, 0.3) is 0 Å². The molecule has 7 nitrogen and oxygen atoms in total. The fourth-order valence-corrected chi connectivity index (χ4v) is 1.94. The Hall–Kier alpha value is -2.02. The van der Waals surface area contributed by atoms with E-state index in [0.29, 0.717) is 30.9 Å². The van der Waals surface area contributed by atoms with E-state index in [-0.39, 0.29) is 12.0 Å². The average molecular weight is 237 g/mol. The van der Waals surface area contributed by atoms with Crippen molar-refractivity contribution >= 4 is 23.7 Å². The zero-order chi connectivity index (χ0) is 12.4. The molecular weight excluding hydrogens is 222 g/mol. The highest BCUT2D eigenvalue weighted by Gasteiger charge is 2.31. The summed E-state index contributed by atoms with van der Waals surface area (Å²) in [6.45, 7) is 0.405. The zero-order valence-electron chi connectivity index (χ0n) is 9.21. The van der Waals surface area contributed by atoms with Gasteiger partial charge in [0, 0.05) is 13.0 Å². The van der Waals surface area contributed by atoms with Gasteiger partial charge in [0.05, 0.1) is 11.8 Å². The molecule has 1 aromatic rings. The maximum Gasteiger partial charge on any atom is 0.208 e. The number of nitrogens with two attached hydrogens (primary N) is 2. The first-order valence-corrected chi connectivity index (χ1v) is 5.28. The number of aliphatic hydroxyl groups is 1. The molecule has 0 aromatic carbocycles. The third-order valence-electron chi connectivity index (χ3n) is 2.78. The van der Waals surface area contributed by atoms with E-state index in [0.717, 1.165) is 0 Å². The predicted molar refractivity (Wildman–Crippen MR) is 64.0 cm³/mol. The van der Waals surface area contributed by atoms with E-state index in [4.69, 9.17) is 11.5 Å². The Kier molecular flexibility index (Phi) is 3.01. The van der Waals surface area contributed by atoms with Gasteiger partial charge in [-0.05, 0) is 12.1 Å². The van der Waals surface area contributed by atoms with E-state index >= 15 is 0 Å². The Balaban J connectivity index is 2.24. The normalized spacial score (nSPS) is 23.7. The summed E-state index contributed by atoms with van der Waals surface area (Å²) in [5.74, 6) is 0.835. The van der Waals surface area contributed by atoms with Gasteiger partial charge < -0.3 is 26.8 Å². The van der Waals surface area contributed by atoms with Gasteiger partial charge in [-0.2, -0.15) is 0 Å². The third kappa shape index (κ3) is 2.23. The molecule has 0 saturated carbocycles. The van der Waals surface area contributed by atoms with Crippen molar-refractivity contribution in [2.24, 2.45) is 0 Å². The van der Waals surface area contributed by atoms with Gasteiger partial charge >= 0.3 is 0 Å². The first-order chi connectivity index (χ1) is 8.11. The number of nitrogen functional groups attached to an aromatic ring is 2. The van der Waals surface area contributed by atoms with Gasteiger partial charge in [-0.25, -0.2) is 4.98 Å². The minimum absolute atomic E-state index is 0.244. The maximum atomic E-state index is 10.5. The van der Waals surface area contributed by atoms with Gasteiger partial charge in [0.1, 0.15) is 17.8 Å². The number of rotatable bonds is 3. The Morgan fingerprint density at radius 3 is 2.94 bits per heavy atom. The van der Waals surface area contributed by atoms with Gasteiger partial charge in [-0.1, -0.05) is 0 Å². The molecule has 2 unspecified atom stereocenters. The molecule has 1 fully saturated rings. The second kappa shape index (κ2) is 4.46.